The van der Waals surface area contributed by atoms with E-state index < -0.39 is 5.91 Å². The monoisotopic (exact) mass is 484 g/mol. The number of hydrogen-bond donors (Lipinski definition) is 2. The lowest BCUT2D eigenvalue weighted by Gasteiger charge is -2.22. The van der Waals surface area contributed by atoms with Crippen molar-refractivity contribution in [3.63, 3.8) is 0 Å². The average molecular weight is 485 g/mol. The van der Waals surface area contributed by atoms with Gasteiger partial charge in [-0.15, -0.1) is 0 Å². The number of hydrogen-bond acceptors (Lipinski definition) is 5. The highest BCUT2D eigenvalue weighted by atomic mass is 16.5. The van der Waals surface area contributed by atoms with Crippen LogP contribution in [0.2, 0.25) is 0 Å². The van der Waals surface area contributed by atoms with Gasteiger partial charge in [-0.05, 0) is 60.2 Å². The van der Waals surface area contributed by atoms with Gasteiger partial charge in [0.1, 0.15) is 12.3 Å². The molecule has 2 N–H and O–H groups in total. The SMILES string of the molecule is O=C(CN1C(=O)c2cccc3cccc1c23)N/N=C/c1ccc(OCC(=O)NC2CCCCC2)cc1. The first-order valence-electron chi connectivity index (χ1n) is 12.3. The van der Waals surface area contributed by atoms with E-state index in [2.05, 4.69) is 15.8 Å². The van der Waals surface area contributed by atoms with Crippen LogP contribution in [-0.2, 0) is 9.59 Å². The van der Waals surface area contributed by atoms with E-state index in [1.807, 2.05) is 30.3 Å². The Bertz CT molecular complexity index is 1310. The van der Waals surface area contributed by atoms with Gasteiger partial charge in [0.15, 0.2) is 6.61 Å². The Labute approximate surface area is 209 Å². The predicted octanol–water partition coefficient (Wildman–Crippen LogP) is 3.78. The van der Waals surface area contributed by atoms with Crippen molar-refractivity contribution >= 4 is 40.4 Å². The molecular formula is C28H28N4O4. The lowest BCUT2D eigenvalue weighted by atomic mass is 9.95. The van der Waals surface area contributed by atoms with Crippen molar-refractivity contribution in [3.8, 4) is 5.75 Å². The minimum absolute atomic E-state index is 0.0210. The van der Waals surface area contributed by atoms with Gasteiger partial charge in [0.25, 0.3) is 17.7 Å². The molecule has 2 aliphatic rings. The molecule has 1 aliphatic heterocycles. The molecule has 0 atom stereocenters. The molecule has 36 heavy (non-hydrogen) atoms. The third-order valence-corrected chi connectivity index (χ3v) is 6.57. The van der Waals surface area contributed by atoms with Crippen LogP contribution in [0.25, 0.3) is 10.8 Å². The molecule has 8 nitrogen and oxygen atoms in total. The fraction of sp³-hybridized carbons (Fsp3) is 0.286. The third-order valence-electron chi connectivity index (χ3n) is 6.57. The number of nitrogens with one attached hydrogen (secondary N) is 2. The summed E-state index contributed by atoms with van der Waals surface area (Å²) in [6.45, 7) is -0.146. The number of carbonyl (C=O) groups excluding carboxylic acids is 3. The van der Waals surface area contributed by atoms with Crippen LogP contribution in [0.1, 0.15) is 48.0 Å². The number of anilines is 1. The average Bonchev–Trinajstić information content (AvgIpc) is 3.17. The zero-order valence-corrected chi connectivity index (χ0v) is 19.9. The van der Waals surface area contributed by atoms with Crippen LogP contribution in [0.3, 0.4) is 0 Å². The number of nitrogens with zero attached hydrogens (tertiary/aromatic N) is 2. The molecule has 0 saturated heterocycles. The molecular weight excluding hydrogens is 456 g/mol. The molecule has 5 rings (SSSR count). The molecule has 8 heteroatoms. The second-order valence-corrected chi connectivity index (χ2v) is 9.13. The summed E-state index contributed by atoms with van der Waals surface area (Å²) in [6, 6.07) is 18.6. The second kappa shape index (κ2) is 10.6. The molecule has 1 heterocycles. The quantitative estimate of drug-likeness (QED) is 0.375. The summed E-state index contributed by atoms with van der Waals surface area (Å²) >= 11 is 0. The van der Waals surface area contributed by atoms with Crippen LogP contribution < -0.4 is 20.4 Å². The Morgan fingerprint density at radius 1 is 0.972 bits per heavy atom. The van der Waals surface area contributed by atoms with E-state index in [1.165, 1.54) is 17.5 Å². The Hall–Kier alpha value is -4.20. The van der Waals surface area contributed by atoms with E-state index in [9.17, 15) is 14.4 Å². The lowest BCUT2D eigenvalue weighted by Crippen LogP contribution is -2.38. The molecule has 3 amide bonds. The fourth-order valence-corrected chi connectivity index (χ4v) is 4.81. The predicted molar refractivity (Wildman–Crippen MR) is 138 cm³/mol. The summed E-state index contributed by atoms with van der Waals surface area (Å²) in [6.07, 6.45) is 7.15. The van der Waals surface area contributed by atoms with Crippen molar-refractivity contribution in [3.05, 3.63) is 71.8 Å². The number of carbonyl (C=O) groups is 3. The summed E-state index contributed by atoms with van der Waals surface area (Å²) in [5.74, 6) is -0.111. The van der Waals surface area contributed by atoms with Crippen molar-refractivity contribution in [1.29, 1.82) is 0 Å². The molecule has 1 saturated carbocycles. The smallest absolute Gasteiger partial charge is 0.260 e. The molecule has 0 spiro atoms. The number of rotatable bonds is 8. The van der Waals surface area contributed by atoms with Crippen LogP contribution >= 0.6 is 0 Å². The van der Waals surface area contributed by atoms with Gasteiger partial charge in [-0.25, -0.2) is 5.43 Å². The summed E-state index contributed by atoms with van der Waals surface area (Å²) in [4.78, 5) is 38.8. The van der Waals surface area contributed by atoms with Crippen LogP contribution in [0.15, 0.2) is 65.8 Å². The van der Waals surface area contributed by atoms with Crippen LogP contribution in [0.5, 0.6) is 5.75 Å². The molecule has 3 aromatic rings. The summed E-state index contributed by atoms with van der Waals surface area (Å²) in [5.41, 5.74) is 4.57. The first-order chi connectivity index (χ1) is 17.6. The van der Waals surface area contributed by atoms with Gasteiger partial charge in [0.05, 0.1) is 11.9 Å². The first kappa shape index (κ1) is 23.5. The van der Waals surface area contributed by atoms with Crippen molar-refractivity contribution in [2.24, 2.45) is 5.10 Å². The normalized spacial score (nSPS) is 15.4. The maximum atomic E-state index is 12.8. The maximum Gasteiger partial charge on any atom is 0.260 e. The molecule has 184 valence electrons. The van der Waals surface area contributed by atoms with Gasteiger partial charge in [0.2, 0.25) is 0 Å². The first-order valence-corrected chi connectivity index (χ1v) is 12.3. The van der Waals surface area contributed by atoms with Crippen molar-refractivity contribution in [2.75, 3.05) is 18.1 Å². The Balaban J connectivity index is 1.10. The van der Waals surface area contributed by atoms with Crippen molar-refractivity contribution in [1.82, 2.24) is 10.7 Å². The lowest BCUT2D eigenvalue weighted by molar-refractivity contribution is -0.124. The topological polar surface area (TPSA) is 100 Å². The zero-order valence-electron chi connectivity index (χ0n) is 19.9. The Kier molecular flexibility index (Phi) is 6.93. The zero-order chi connectivity index (χ0) is 24.9. The van der Waals surface area contributed by atoms with E-state index in [4.69, 9.17) is 4.74 Å². The van der Waals surface area contributed by atoms with E-state index in [0.29, 0.717) is 11.3 Å². The van der Waals surface area contributed by atoms with Crippen LogP contribution in [0.4, 0.5) is 5.69 Å². The molecule has 0 bridgehead atoms. The van der Waals surface area contributed by atoms with Gasteiger partial charge in [-0.3, -0.25) is 19.3 Å². The van der Waals surface area contributed by atoms with Gasteiger partial charge >= 0.3 is 0 Å². The van der Waals surface area contributed by atoms with E-state index >= 15 is 0 Å². The van der Waals surface area contributed by atoms with Gasteiger partial charge < -0.3 is 10.1 Å². The highest BCUT2D eigenvalue weighted by Gasteiger charge is 2.30. The maximum absolute atomic E-state index is 12.8. The number of benzene rings is 3. The molecule has 0 aromatic heterocycles. The molecule has 3 aromatic carbocycles. The summed E-state index contributed by atoms with van der Waals surface area (Å²) in [7, 11) is 0. The molecule has 1 aliphatic carbocycles. The second-order valence-electron chi connectivity index (χ2n) is 9.13. The highest BCUT2D eigenvalue weighted by Crippen LogP contribution is 2.36. The highest BCUT2D eigenvalue weighted by molar-refractivity contribution is 6.26. The van der Waals surface area contributed by atoms with E-state index in [1.54, 1.807) is 30.3 Å². The van der Waals surface area contributed by atoms with Crippen molar-refractivity contribution < 1.29 is 19.1 Å². The molecule has 1 fully saturated rings. The number of amides is 3. The minimum Gasteiger partial charge on any atom is -0.484 e. The van der Waals surface area contributed by atoms with Crippen molar-refractivity contribution in [2.45, 2.75) is 38.1 Å². The molecule has 0 unspecified atom stereocenters. The van der Waals surface area contributed by atoms with E-state index in [-0.39, 0.29) is 31.0 Å². The van der Waals surface area contributed by atoms with Gasteiger partial charge in [-0.2, -0.15) is 5.10 Å². The largest absolute Gasteiger partial charge is 0.484 e. The Morgan fingerprint density at radius 3 is 2.50 bits per heavy atom. The molecule has 0 radical (unpaired) electrons. The van der Waals surface area contributed by atoms with Gasteiger partial charge in [-0.1, -0.05) is 43.5 Å². The number of ether oxygens (including phenoxy) is 1. The van der Waals surface area contributed by atoms with Gasteiger partial charge in [0, 0.05) is 17.0 Å². The van der Waals surface area contributed by atoms with Crippen LogP contribution in [-0.4, -0.2) is 43.1 Å². The summed E-state index contributed by atoms with van der Waals surface area (Å²) < 4.78 is 5.58. The summed E-state index contributed by atoms with van der Waals surface area (Å²) in [5, 5.41) is 8.88. The Morgan fingerprint density at radius 2 is 1.72 bits per heavy atom. The van der Waals surface area contributed by atoms with Crippen LogP contribution in [0, 0.1) is 0 Å². The standard InChI is InChI=1S/C28H28N4O4/c33-25(17-32-24-11-5-7-20-6-4-10-23(27(20)24)28(32)35)31-29-16-19-12-14-22(15-13-19)36-18-26(34)30-21-8-2-1-3-9-21/h4-7,10-16,21H,1-3,8-9,17-18H2,(H,30,34)(H,31,33)/b29-16+. The number of hydrazone groups is 1. The third kappa shape index (κ3) is 5.22. The van der Waals surface area contributed by atoms with E-state index in [0.717, 1.165) is 47.7 Å². The minimum atomic E-state index is -0.395. The fourth-order valence-electron chi connectivity index (χ4n) is 4.81.